The summed E-state index contributed by atoms with van der Waals surface area (Å²) in [5, 5.41) is 2.72. The molecule has 1 atom stereocenters. The first-order chi connectivity index (χ1) is 8.12. The Kier molecular flexibility index (Phi) is 4.78. The van der Waals surface area contributed by atoms with Crippen molar-refractivity contribution < 1.29 is 19.0 Å². The summed E-state index contributed by atoms with van der Waals surface area (Å²) < 4.78 is 15.2. The molecule has 0 spiro atoms. The zero-order valence-corrected chi connectivity index (χ0v) is 10.4. The zero-order chi connectivity index (χ0) is 12.8. The van der Waals surface area contributed by atoms with Crippen LogP contribution in [0.3, 0.4) is 0 Å². The topological polar surface area (TPSA) is 56.8 Å². The zero-order valence-electron chi connectivity index (χ0n) is 10.4. The van der Waals surface area contributed by atoms with Gasteiger partial charge in [0, 0.05) is 18.9 Å². The lowest BCUT2D eigenvalue weighted by Crippen LogP contribution is -2.26. The molecule has 1 aromatic rings. The fourth-order valence-electron chi connectivity index (χ4n) is 1.26. The molecule has 1 amide bonds. The molecule has 94 valence electrons. The van der Waals surface area contributed by atoms with Crippen LogP contribution in [0, 0.1) is 0 Å². The average Bonchev–Trinajstić information content (AvgIpc) is 2.37. The molecule has 17 heavy (non-hydrogen) atoms. The van der Waals surface area contributed by atoms with Gasteiger partial charge in [-0.3, -0.25) is 4.79 Å². The summed E-state index contributed by atoms with van der Waals surface area (Å²) in [5.74, 6) is 0.973. The van der Waals surface area contributed by atoms with Crippen molar-refractivity contribution in [1.29, 1.82) is 0 Å². The maximum absolute atomic E-state index is 11.6. The van der Waals surface area contributed by atoms with Gasteiger partial charge in [0.1, 0.15) is 6.10 Å². The van der Waals surface area contributed by atoms with Crippen LogP contribution >= 0.6 is 0 Å². The Labute approximate surface area is 101 Å². The van der Waals surface area contributed by atoms with Gasteiger partial charge < -0.3 is 19.5 Å². The molecular weight excluding hydrogens is 222 g/mol. The smallest absolute Gasteiger partial charge is 0.253 e. The Bertz CT molecular complexity index is 392. The molecule has 0 saturated carbocycles. The van der Waals surface area contributed by atoms with Crippen molar-refractivity contribution in [3.05, 3.63) is 18.2 Å². The standard InChI is InChI=1S/C12H17NO4/c1-8(15-2)12(14)13-9-5-6-10(16-3)11(7-9)17-4/h5-8H,1-4H3,(H,13,14). The second-order valence-electron chi connectivity index (χ2n) is 3.44. The van der Waals surface area contributed by atoms with Crippen LogP contribution in [0.4, 0.5) is 5.69 Å². The summed E-state index contributed by atoms with van der Waals surface area (Å²) in [7, 11) is 4.59. The molecule has 0 aliphatic rings. The normalized spacial score (nSPS) is 11.8. The van der Waals surface area contributed by atoms with Gasteiger partial charge in [0.2, 0.25) is 0 Å². The highest BCUT2D eigenvalue weighted by atomic mass is 16.5. The van der Waals surface area contributed by atoms with E-state index >= 15 is 0 Å². The minimum atomic E-state index is -0.497. The van der Waals surface area contributed by atoms with Crippen molar-refractivity contribution in [2.24, 2.45) is 0 Å². The van der Waals surface area contributed by atoms with Crippen LogP contribution in [-0.4, -0.2) is 33.3 Å². The number of hydrogen-bond donors (Lipinski definition) is 1. The molecule has 0 aromatic heterocycles. The van der Waals surface area contributed by atoms with Crippen LogP contribution in [0.1, 0.15) is 6.92 Å². The lowest BCUT2D eigenvalue weighted by atomic mass is 10.2. The Hall–Kier alpha value is -1.75. The van der Waals surface area contributed by atoms with E-state index in [1.54, 1.807) is 39.3 Å². The highest BCUT2D eigenvalue weighted by Gasteiger charge is 2.12. The number of carbonyl (C=O) groups excluding carboxylic acids is 1. The molecule has 0 heterocycles. The van der Waals surface area contributed by atoms with Gasteiger partial charge in [-0.1, -0.05) is 0 Å². The summed E-state index contributed by atoms with van der Waals surface area (Å²) in [6.07, 6.45) is -0.497. The number of anilines is 1. The van der Waals surface area contributed by atoms with Gasteiger partial charge in [0.25, 0.3) is 5.91 Å². The van der Waals surface area contributed by atoms with E-state index in [1.165, 1.54) is 7.11 Å². The van der Waals surface area contributed by atoms with E-state index in [2.05, 4.69) is 5.32 Å². The monoisotopic (exact) mass is 239 g/mol. The van der Waals surface area contributed by atoms with Crippen LogP contribution in [0.15, 0.2) is 18.2 Å². The molecular formula is C12H17NO4. The van der Waals surface area contributed by atoms with E-state index in [1.807, 2.05) is 0 Å². The fraction of sp³-hybridized carbons (Fsp3) is 0.417. The van der Waals surface area contributed by atoms with Crippen molar-refractivity contribution in [1.82, 2.24) is 0 Å². The number of carbonyl (C=O) groups is 1. The van der Waals surface area contributed by atoms with Crippen LogP contribution in [0.5, 0.6) is 11.5 Å². The van der Waals surface area contributed by atoms with E-state index in [4.69, 9.17) is 14.2 Å². The number of hydrogen-bond acceptors (Lipinski definition) is 4. The molecule has 0 fully saturated rings. The van der Waals surface area contributed by atoms with Crippen LogP contribution in [-0.2, 0) is 9.53 Å². The predicted octanol–water partition coefficient (Wildman–Crippen LogP) is 1.68. The summed E-state index contributed by atoms with van der Waals surface area (Å²) in [6, 6.07) is 5.16. The minimum absolute atomic E-state index is 0.209. The molecule has 1 aromatic carbocycles. The number of nitrogens with one attached hydrogen (secondary N) is 1. The van der Waals surface area contributed by atoms with Gasteiger partial charge in [-0.15, -0.1) is 0 Å². The number of methoxy groups -OCH3 is 3. The van der Waals surface area contributed by atoms with Gasteiger partial charge in [-0.25, -0.2) is 0 Å². The first-order valence-corrected chi connectivity index (χ1v) is 5.18. The average molecular weight is 239 g/mol. The summed E-state index contributed by atoms with van der Waals surface area (Å²) in [5.41, 5.74) is 0.636. The molecule has 0 bridgehead atoms. The maximum atomic E-state index is 11.6. The van der Waals surface area contributed by atoms with Crippen molar-refractivity contribution in [3.63, 3.8) is 0 Å². The number of benzene rings is 1. The van der Waals surface area contributed by atoms with Crippen LogP contribution in [0.2, 0.25) is 0 Å². The molecule has 0 aliphatic heterocycles. The van der Waals surface area contributed by atoms with Gasteiger partial charge in [-0.05, 0) is 19.1 Å². The highest BCUT2D eigenvalue weighted by molar-refractivity contribution is 5.94. The third-order valence-electron chi connectivity index (χ3n) is 2.37. The second-order valence-corrected chi connectivity index (χ2v) is 3.44. The SMILES string of the molecule is COc1ccc(NC(=O)C(C)OC)cc1OC. The number of amides is 1. The first-order valence-electron chi connectivity index (χ1n) is 5.18. The van der Waals surface area contributed by atoms with Gasteiger partial charge >= 0.3 is 0 Å². The molecule has 1 unspecified atom stereocenters. The quantitative estimate of drug-likeness (QED) is 0.849. The molecule has 5 nitrogen and oxygen atoms in total. The van der Waals surface area contributed by atoms with E-state index in [0.29, 0.717) is 17.2 Å². The van der Waals surface area contributed by atoms with E-state index in [0.717, 1.165) is 0 Å². The lowest BCUT2D eigenvalue weighted by Gasteiger charge is -2.12. The van der Waals surface area contributed by atoms with Gasteiger partial charge in [0.05, 0.1) is 14.2 Å². The third-order valence-corrected chi connectivity index (χ3v) is 2.37. The Morgan fingerprint density at radius 2 is 1.82 bits per heavy atom. The van der Waals surface area contributed by atoms with Crippen LogP contribution in [0.25, 0.3) is 0 Å². The molecule has 1 rings (SSSR count). The minimum Gasteiger partial charge on any atom is -0.493 e. The van der Waals surface area contributed by atoms with Gasteiger partial charge in [-0.2, -0.15) is 0 Å². The van der Waals surface area contributed by atoms with Crippen molar-refractivity contribution in [2.45, 2.75) is 13.0 Å². The van der Waals surface area contributed by atoms with Crippen LogP contribution < -0.4 is 14.8 Å². The summed E-state index contributed by atoms with van der Waals surface area (Å²) in [4.78, 5) is 11.6. The van der Waals surface area contributed by atoms with E-state index < -0.39 is 6.10 Å². The summed E-state index contributed by atoms with van der Waals surface area (Å²) >= 11 is 0. The second kappa shape index (κ2) is 6.10. The molecule has 1 N–H and O–H groups in total. The Morgan fingerprint density at radius 3 is 2.35 bits per heavy atom. The molecule has 0 saturated heterocycles. The molecule has 0 aliphatic carbocycles. The van der Waals surface area contributed by atoms with Crippen molar-refractivity contribution in [2.75, 3.05) is 26.6 Å². The molecule has 5 heteroatoms. The third kappa shape index (κ3) is 3.35. The summed E-state index contributed by atoms with van der Waals surface area (Å²) in [6.45, 7) is 1.68. The predicted molar refractivity (Wildman–Crippen MR) is 64.6 cm³/mol. The Balaban J connectivity index is 2.82. The largest absolute Gasteiger partial charge is 0.493 e. The van der Waals surface area contributed by atoms with E-state index in [-0.39, 0.29) is 5.91 Å². The lowest BCUT2D eigenvalue weighted by molar-refractivity contribution is -0.124. The molecule has 0 radical (unpaired) electrons. The van der Waals surface area contributed by atoms with Crippen molar-refractivity contribution in [3.8, 4) is 11.5 Å². The highest BCUT2D eigenvalue weighted by Crippen LogP contribution is 2.29. The number of rotatable bonds is 5. The Morgan fingerprint density at radius 1 is 1.18 bits per heavy atom. The number of ether oxygens (including phenoxy) is 3. The van der Waals surface area contributed by atoms with Crippen molar-refractivity contribution >= 4 is 11.6 Å². The fourth-order valence-corrected chi connectivity index (χ4v) is 1.26. The first kappa shape index (κ1) is 13.3. The van der Waals surface area contributed by atoms with E-state index in [9.17, 15) is 4.79 Å². The van der Waals surface area contributed by atoms with Gasteiger partial charge in [0.15, 0.2) is 11.5 Å². The maximum Gasteiger partial charge on any atom is 0.253 e.